The van der Waals surface area contributed by atoms with Crippen LogP contribution in [0, 0.1) is 0 Å². The summed E-state index contributed by atoms with van der Waals surface area (Å²) in [5.41, 5.74) is 5.13. The second-order valence-corrected chi connectivity index (χ2v) is 4.79. The molecular formula is C13H12N4S. The summed E-state index contributed by atoms with van der Waals surface area (Å²) >= 11 is 1.65. The van der Waals surface area contributed by atoms with E-state index >= 15 is 0 Å². The molecule has 18 heavy (non-hydrogen) atoms. The Morgan fingerprint density at radius 1 is 1.44 bits per heavy atom. The van der Waals surface area contributed by atoms with Gasteiger partial charge in [0.25, 0.3) is 0 Å². The minimum atomic E-state index is 0.748. The Morgan fingerprint density at radius 3 is 3.22 bits per heavy atom. The molecule has 0 bridgehead atoms. The van der Waals surface area contributed by atoms with Crippen LogP contribution in [0.3, 0.4) is 0 Å². The van der Waals surface area contributed by atoms with Crippen molar-refractivity contribution in [3.8, 4) is 0 Å². The number of anilines is 1. The fourth-order valence-corrected chi connectivity index (χ4v) is 2.45. The zero-order valence-corrected chi connectivity index (χ0v) is 10.5. The number of thiazole rings is 1. The molecule has 0 radical (unpaired) electrons. The van der Waals surface area contributed by atoms with Gasteiger partial charge in [0.2, 0.25) is 0 Å². The molecule has 0 aliphatic heterocycles. The van der Waals surface area contributed by atoms with Gasteiger partial charge in [0.15, 0.2) is 0 Å². The molecule has 0 saturated heterocycles. The molecule has 0 amide bonds. The number of hydrogen-bond donors (Lipinski definition) is 1. The third-order valence-electron chi connectivity index (χ3n) is 2.67. The minimum absolute atomic E-state index is 0.748. The van der Waals surface area contributed by atoms with E-state index in [9.17, 15) is 0 Å². The summed E-state index contributed by atoms with van der Waals surface area (Å²) in [7, 11) is 0. The molecule has 1 aromatic carbocycles. The van der Waals surface area contributed by atoms with E-state index in [0.29, 0.717) is 0 Å². The Bertz CT molecular complexity index is 683. The monoisotopic (exact) mass is 256 g/mol. The molecule has 4 nitrogen and oxygen atoms in total. The van der Waals surface area contributed by atoms with Crippen molar-refractivity contribution in [3.05, 3.63) is 48.2 Å². The maximum atomic E-state index is 4.26. The first-order valence-corrected chi connectivity index (χ1v) is 6.46. The molecule has 1 N–H and O–H groups in total. The summed E-state index contributed by atoms with van der Waals surface area (Å²) in [5, 5.41) is 7.51. The normalized spacial score (nSPS) is 10.7. The van der Waals surface area contributed by atoms with Crippen LogP contribution in [0.5, 0.6) is 0 Å². The van der Waals surface area contributed by atoms with Crippen LogP contribution in [-0.2, 0) is 6.54 Å². The van der Waals surface area contributed by atoms with Crippen LogP contribution >= 0.6 is 11.3 Å². The molecule has 0 fully saturated rings. The average molecular weight is 256 g/mol. The summed E-state index contributed by atoms with van der Waals surface area (Å²) in [5.74, 6) is 0. The Morgan fingerprint density at radius 2 is 2.39 bits per heavy atom. The summed E-state index contributed by atoms with van der Waals surface area (Å²) in [6.07, 6.45) is 5.46. The third-order valence-corrected chi connectivity index (χ3v) is 3.46. The van der Waals surface area contributed by atoms with E-state index in [1.807, 2.05) is 30.0 Å². The fraction of sp³-hybridized carbons (Fsp3) is 0.0769. The van der Waals surface area contributed by atoms with E-state index < -0.39 is 0 Å². The highest BCUT2D eigenvalue weighted by molar-refractivity contribution is 7.16. The van der Waals surface area contributed by atoms with Gasteiger partial charge in [0.05, 0.1) is 21.9 Å². The summed E-state index contributed by atoms with van der Waals surface area (Å²) < 4.78 is 2.89. The first kappa shape index (κ1) is 11.0. The van der Waals surface area contributed by atoms with Crippen LogP contribution in [-0.4, -0.2) is 14.8 Å². The Balaban J connectivity index is 1.73. The molecule has 0 atom stereocenters. The molecule has 2 heterocycles. The number of benzene rings is 1. The molecule has 2 aromatic heterocycles. The topological polar surface area (TPSA) is 42.7 Å². The maximum absolute atomic E-state index is 4.26. The number of fused-ring (bicyclic) bond motifs is 1. The van der Waals surface area contributed by atoms with Crippen molar-refractivity contribution in [2.24, 2.45) is 0 Å². The molecule has 90 valence electrons. The highest BCUT2D eigenvalue weighted by Crippen LogP contribution is 2.22. The van der Waals surface area contributed by atoms with Gasteiger partial charge in [-0.2, -0.15) is 5.10 Å². The van der Waals surface area contributed by atoms with E-state index in [4.69, 9.17) is 0 Å². The van der Waals surface area contributed by atoms with Crippen molar-refractivity contribution < 1.29 is 0 Å². The van der Waals surface area contributed by atoms with E-state index in [2.05, 4.69) is 28.0 Å². The quantitative estimate of drug-likeness (QED) is 0.779. The highest BCUT2D eigenvalue weighted by Gasteiger charge is 2.00. The molecule has 0 spiro atoms. The molecule has 0 saturated carbocycles. The maximum Gasteiger partial charge on any atom is 0.0813 e. The van der Waals surface area contributed by atoms with Crippen molar-refractivity contribution in [1.29, 1.82) is 0 Å². The van der Waals surface area contributed by atoms with Crippen LogP contribution < -0.4 is 5.32 Å². The second-order valence-electron chi connectivity index (χ2n) is 3.90. The van der Waals surface area contributed by atoms with Gasteiger partial charge in [-0.25, -0.2) is 9.67 Å². The molecule has 3 aromatic rings. The van der Waals surface area contributed by atoms with Gasteiger partial charge in [-0.05, 0) is 18.2 Å². The number of aromatic nitrogens is 3. The number of hydrogen-bond acceptors (Lipinski definition) is 4. The largest absolute Gasteiger partial charge is 0.381 e. The van der Waals surface area contributed by atoms with Crippen LogP contribution in [0.2, 0.25) is 0 Å². The Kier molecular flexibility index (Phi) is 2.82. The third kappa shape index (κ3) is 2.12. The predicted octanol–water partition coefficient (Wildman–Crippen LogP) is 3.21. The lowest BCUT2D eigenvalue weighted by Crippen LogP contribution is -1.97. The zero-order chi connectivity index (χ0) is 12.4. The standard InChI is InChI=1S/C13H12N4S/c1-2-17-8-10(7-16-17)6-14-11-3-4-12-13(5-11)18-9-15-12/h2-5,7-9,14H,1,6H2. The van der Waals surface area contributed by atoms with Crippen molar-refractivity contribution in [2.75, 3.05) is 5.32 Å². The molecule has 0 aliphatic carbocycles. The SMILES string of the molecule is C=Cn1cc(CNc2ccc3ncsc3c2)cn1. The Labute approximate surface area is 109 Å². The zero-order valence-electron chi connectivity index (χ0n) is 9.71. The van der Waals surface area contributed by atoms with Gasteiger partial charge < -0.3 is 5.32 Å². The van der Waals surface area contributed by atoms with Crippen LogP contribution in [0.4, 0.5) is 5.69 Å². The number of rotatable bonds is 4. The van der Waals surface area contributed by atoms with Gasteiger partial charge in [-0.15, -0.1) is 11.3 Å². The van der Waals surface area contributed by atoms with E-state index in [1.54, 1.807) is 22.2 Å². The van der Waals surface area contributed by atoms with Crippen molar-refractivity contribution in [1.82, 2.24) is 14.8 Å². The van der Waals surface area contributed by atoms with E-state index in [-0.39, 0.29) is 0 Å². The second kappa shape index (κ2) is 4.62. The van der Waals surface area contributed by atoms with Crippen molar-refractivity contribution >= 4 is 33.4 Å². The molecule has 5 heteroatoms. The molecular weight excluding hydrogens is 244 g/mol. The molecule has 0 unspecified atom stereocenters. The average Bonchev–Trinajstić information content (AvgIpc) is 3.04. The molecule has 3 rings (SSSR count). The number of nitrogens with zero attached hydrogens (tertiary/aromatic N) is 3. The van der Waals surface area contributed by atoms with Crippen LogP contribution in [0.1, 0.15) is 5.56 Å². The highest BCUT2D eigenvalue weighted by atomic mass is 32.1. The minimum Gasteiger partial charge on any atom is -0.381 e. The van der Waals surface area contributed by atoms with E-state index in [1.165, 1.54) is 4.70 Å². The van der Waals surface area contributed by atoms with Gasteiger partial charge in [-0.3, -0.25) is 0 Å². The summed E-state index contributed by atoms with van der Waals surface area (Å²) in [6.45, 7) is 4.41. The van der Waals surface area contributed by atoms with Gasteiger partial charge in [0.1, 0.15) is 0 Å². The lowest BCUT2D eigenvalue weighted by Gasteiger charge is -2.04. The Hall–Kier alpha value is -2.14. The van der Waals surface area contributed by atoms with Crippen LogP contribution in [0.25, 0.3) is 16.4 Å². The smallest absolute Gasteiger partial charge is 0.0813 e. The van der Waals surface area contributed by atoms with Crippen molar-refractivity contribution in [3.63, 3.8) is 0 Å². The van der Waals surface area contributed by atoms with E-state index in [0.717, 1.165) is 23.3 Å². The lowest BCUT2D eigenvalue weighted by molar-refractivity contribution is 0.936. The van der Waals surface area contributed by atoms with Crippen molar-refractivity contribution in [2.45, 2.75) is 6.54 Å². The molecule has 0 aliphatic rings. The number of nitrogens with one attached hydrogen (secondary N) is 1. The predicted molar refractivity (Wildman–Crippen MR) is 75.6 cm³/mol. The van der Waals surface area contributed by atoms with Gasteiger partial charge in [0, 0.05) is 30.2 Å². The summed E-state index contributed by atoms with van der Waals surface area (Å²) in [6, 6.07) is 6.19. The van der Waals surface area contributed by atoms with Gasteiger partial charge >= 0.3 is 0 Å². The first-order chi connectivity index (χ1) is 8.85. The summed E-state index contributed by atoms with van der Waals surface area (Å²) in [4.78, 5) is 4.26. The first-order valence-electron chi connectivity index (χ1n) is 5.58. The fourth-order valence-electron chi connectivity index (χ4n) is 1.74. The lowest BCUT2D eigenvalue weighted by atomic mass is 10.3. The van der Waals surface area contributed by atoms with Gasteiger partial charge in [-0.1, -0.05) is 6.58 Å². The van der Waals surface area contributed by atoms with Crippen LogP contribution in [0.15, 0.2) is 42.7 Å².